The molecule has 216 valence electrons. The third-order valence-electron chi connectivity index (χ3n) is 3.93. The molecule has 0 aliphatic carbocycles. The van der Waals surface area contributed by atoms with Gasteiger partial charge in [0.2, 0.25) is 0 Å². The van der Waals surface area contributed by atoms with Crippen LogP contribution in [-0.2, 0) is 14.3 Å². The molecule has 0 aliphatic rings. The zero-order valence-electron chi connectivity index (χ0n) is 16.9. The van der Waals surface area contributed by atoms with Crippen molar-refractivity contribution in [1.29, 1.82) is 5.26 Å². The summed E-state index contributed by atoms with van der Waals surface area (Å²) in [5.74, 6) is -26.4. The van der Waals surface area contributed by atoms with Crippen LogP contribution in [0.4, 0.5) is 80.3 Å². The molecule has 22 heteroatoms. The molecule has 0 saturated carbocycles. The Morgan fingerprint density at radius 1 is 0.658 bits per heavy atom. The monoisotopic (exact) mass is 596 g/mol. The van der Waals surface area contributed by atoms with E-state index in [-0.39, 0.29) is 5.56 Å². The summed E-state index contributed by atoms with van der Waals surface area (Å²) in [4.78, 5) is 11.7. The van der Waals surface area contributed by atoms with E-state index in [2.05, 4.69) is 0 Å². The van der Waals surface area contributed by atoms with E-state index in [0.29, 0.717) is 24.3 Å². The Balaban J connectivity index is 3.61. The SMILES string of the molecule is N#Cc1ccc(NC(=O)[C@](F)(OC(F)(F)[C@](F)(OC(F)(F)C(F)(F)C(F)(F)F)C(F)(F)F)C(F)(F)F)cc1. The second-order valence-corrected chi connectivity index (χ2v) is 6.64. The highest BCUT2D eigenvalue weighted by Crippen LogP contribution is 2.56. The van der Waals surface area contributed by atoms with Crippen molar-refractivity contribution in [2.45, 2.75) is 48.4 Å². The van der Waals surface area contributed by atoms with E-state index in [0.717, 1.165) is 5.32 Å². The summed E-state index contributed by atoms with van der Waals surface area (Å²) in [6.07, 6.45) is -38.7. The molecule has 2 atom stereocenters. The topological polar surface area (TPSA) is 71.4 Å². The van der Waals surface area contributed by atoms with E-state index < -0.39 is 60.0 Å². The Bertz CT molecular complexity index is 1060. The normalized spacial score (nSPS) is 17.3. The zero-order chi connectivity index (χ0) is 30.4. The van der Waals surface area contributed by atoms with Crippen molar-refractivity contribution < 1.29 is 88.9 Å². The molecule has 1 amide bonds. The van der Waals surface area contributed by atoms with Crippen molar-refractivity contribution in [3.63, 3.8) is 0 Å². The summed E-state index contributed by atoms with van der Waals surface area (Å²) < 4.78 is 226. The molecule has 0 fully saturated rings. The predicted octanol–water partition coefficient (Wildman–Crippen LogP) is 6.37. The molecule has 0 saturated heterocycles. The number of hydrogen-bond acceptors (Lipinski definition) is 4. The van der Waals surface area contributed by atoms with Crippen LogP contribution in [0.3, 0.4) is 0 Å². The third kappa shape index (κ3) is 5.82. The Hall–Kier alpha value is -3.09. The molecule has 0 spiro atoms. The number of carbonyl (C=O) groups excluding carboxylic acids is 1. The molecule has 1 N–H and O–H groups in total. The lowest BCUT2D eigenvalue weighted by Gasteiger charge is -2.40. The highest BCUT2D eigenvalue weighted by Gasteiger charge is 2.85. The number of ether oxygens (including phenoxy) is 2. The first kappa shape index (κ1) is 32.9. The van der Waals surface area contributed by atoms with Crippen LogP contribution in [0, 0.1) is 11.3 Å². The van der Waals surface area contributed by atoms with Crippen LogP contribution in [0.15, 0.2) is 24.3 Å². The lowest BCUT2D eigenvalue weighted by atomic mass is 10.2. The Morgan fingerprint density at radius 2 is 1.11 bits per heavy atom. The molecule has 0 heterocycles. The van der Waals surface area contributed by atoms with Crippen LogP contribution in [0.2, 0.25) is 0 Å². The molecule has 0 radical (unpaired) electrons. The first-order valence-corrected chi connectivity index (χ1v) is 8.53. The van der Waals surface area contributed by atoms with Crippen molar-refractivity contribution in [1.82, 2.24) is 0 Å². The minimum Gasteiger partial charge on any atom is -0.321 e. The van der Waals surface area contributed by atoms with Crippen molar-refractivity contribution in [2.24, 2.45) is 0 Å². The van der Waals surface area contributed by atoms with Crippen LogP contribution >= 0.6 is 0 Å². The van der Waals surface area contributed by atoms with Crippen LogP contribution < -0.4 is 5.32 Å². The number of alkyl halides is 17. The molecule has 38 heavy (non-hydrogen) atoms. The summed E-state index contributed by atoms with van der Waals surface area (Å²) in [7, 11) is 0. The number of halogens is 17. The number of nitrogens with one attached hydrogen (secondary N) is 1. The Kier molecular flexibility index (Phi) is 8.31. The fraction of sp³-hybridized carbons (Fsp3) is 0.500. The summed E-state index contributed by atoms with van der Waals surface area (Å²) in [6, 6.07) is 3.75. The molecule has 0 bridgehead atoms. The third-order valence-corrected chi connectivity index (χ3v) is 3.93. The average Bonchev–Trinajstić information content (AvgIpc) is 2.70. The maximum absolute atomic E-state index is 14.4. The maximum Gasteiger partial charge on any atom is 0.462 e. The summed E-state index contributed by atoms with van der Waals surface area (Å²) in [6.45, 7) is 0. The Labute approximate surface area is 196 Å². The smallest absolute Gasteiger partial charge is 0.321 e. The van der Waals surface area contributed by atoms with Crippen molar-refractivity contribution in [3.8, 4) is 6.07 Å². The van der Waals surface area contributed by atoms with Gasteiger partial charge in [-0.05, 0) is 24.3 Å². The minimum atomic E-state index is -8.09. The quantitative estimate of drug-likeness (QED) is 0.355. The number of hydrogen-bond donors (Lipinski definition) is 1. The summed E-state index contributed by atoms with van der Waals surface area (Å²) >= 11 is 0. The van der Waals surface area contributed by atoms with E-state index in [1.807, 2.05) is 4.74 Å². The summed E-state index contributed by atoms with van der Waals surface area (Å²) in [5.41, 5.74) is -1.31. The molecule has 1 aromatic rings. The van der Waals surface area contributed by atoms with E-state index >= 15 is 0 Å². The number of amides is 1. The lowest BCUT2D eigenvalue weighted by molar-refractivity contribution is -0.548. The van der Waals surface area contributed by atoms with Crippen molar-refractivity contribution in [3.05, 3.63) is 29.8 Å². The molecule has 0 unspecified atom stereocenters. The molecule has 5 nitrogen and oxygen atoms in total. The Morgan fingerprint density at radius 3 is 1.45 bits per heavy atom. The maximum atomic E-state index is 14.4. The number of anilines is 1. The lowest BCUT2D eigenvalue weighted by Crippen LogP contribution is -2.68. The minimum absolute atomic E-state index is 0.283. The second kappa shape index (κ2) is 9.58. The molecular formula is C16H5F17N2O3. The van der Waals surface area contributed by atoms with Gasteiger partial charge in [-0.3, -0.25) is 14.3 Å². The zero-order valence-corrected chi connectivity index (χ0v) is 16.9. The van der Waals surface area contributed by atoms with Gasteiger partial charge in [0, 0.05) is 5.69 Å². The number of rotatable bonds is 8. The van der Waals surface area contributed by atoms with Gasteiger partial charge < -0.3 is 5.32 Å². The first-order chi connectivity index (χ1) is 16.6. The van der Waals surface area contributed by atoms with Gasteiger partial charge in [0.05, 0.1) is 11.6 Å². The van der Waals surface area contributed by atoms with Crippen LogP contribution in [0.25, 0.3) is 0 Å². The molecule has 0 aromatic heterocycles. The van der Waals surface area contributed by atoms with Gasteiger partial charge in [0.25, 0.3) is 5.91 Å². The standard InChI is InChI=1S/C16H5F17N2O3/c17-9(12(21,22)23,8(36)35-7-3-1-6(5-34)2-4-7)37-16(32,33)11(20,14(27,28)29)38-15(30,31)10(18,19)13(24,25)26/h1-4H,(H,35,36)/t9-,11+/m0/s1. The van der Waals surface area contributed by atoms with Gasteiger partial charge in [-0.15, -0.1) is 0 Å². The van der Waals surface area contributed by atoms with E-state index in [1.54, 1.807) is 0 Å². The van der Waals surface area contributed by atoms with Crippen molar-refractivity contribution >= 4 is 11.6 Å². The number of nitriles is 1. The van der Waals surface area contributed by atoms with E-state index in [1.165, 1.54) is 10.8 Å². The molecule has 1 rings (SSSR count). The fourth-order valence-corrected chi connectivity index (χ4v) is 2.00. The van der Waals surface area contributed by atoms with Gasteiger partial charge >= 0.3 is 48.4 Å². The van der Waals surface area contributed by atoms with Gasteiger partial charge in [-0.25, -0.2) is 0 Å². The molecule has 1 aromatic carbocycles. The van der Waals surface area contributed by atoms with Gasteiger partial charge in [-0.2, -0.15) is 79.9 Å². The predicted molar refractivity (Wildman–Crippen MR) is 82.6 cm³/mol. The average molecular weight is 596 g/mol. The molecule has 0 aliphatic heterocycles. The first-order valence-electron chi connectivity index (χ1n) is 8.53. The number of nitrogens with zero attached hydrogens (tertiary/aromatic N) is 1. The largest absolute Gasteiger partial charge is 0.462 e. The number of carbonyl (C=O) groups is 1. The van der Waals surface area contributed by atoms with Crippen LogP contribution in [0.1, 0.15) is 5.56 Å². The van der Waals surface area contributed by atoms with Crippen LogP contribution in [0.5, 0.6) is 0 Å². The fourth-order valence-electron chi connectivity index (χ4n) is 2.00. The van der Waals surface area contributed by atoms with Gasteiger partial charge in [-0.1, -0.05) is 0 Å². The highest BCUT2D eigenvalue weighted by molar-refractivity contribution is 5.96. The van der Waals surface area contributed by atoms with Crippen LogP contribution in [-0.4, -0.2) is 54.3 Å². The summed E-state index contributed by atoms with van der Waals surface area (Å²) in [5, 5.41) is 9.32. The number of benzene rings is 1. The van der Waals surface area contributed by atoms with Crippen molar-refractivity contribution in [2.75, 3.05) is 5.32 Å². The van der Waals surface area contributed by atoms with E-state index in [4.69, 9.17) is 5.26 Å². The second-order valence-electron chi connectivity index (χ2n) is 6.64. The van der Waals surface area contributed by atoms with Gasteiger partial charge in [0.1, 0.15) is 0 Å². The van der Waals surface area contributed by atoms with Gasteiger partial charge in [0.15, 0.2) is 0 Å². The highest BCUT2D eigenvalue weighted by atomic mass is 19.4. The van der Waals surface area contributed by atoms with E-state index in [9.17, 15) is 79.4 Å². The molecular weight excluding hydrogens is 591 g/mol.